The summed E-state index contributed by atoms with van der Waals surface area (Å²) in [6.07, 6.45) is 0. The fourth-order valence-corrected chi connectivity index (χ4v) is 1.51. The molecule has 0 amide bonds. The van der Waals surface area contributed by atoms with Gasteiger partial charge in [-0.2, -0.15) is 0 Å². The molecule has 0 unspecified atom stereocenters. The fourth-order valence-electron chi connectivity index (χ4n) is 0.846. The third kappa shape index (κ3) is 1.74. The van der Waals surface area contributed by atoms with Gasteiger partial charge in [0, 0.05) is 6.07 Å². The van der Waals surface area contributed by atoms with E-state index in [0.29, 0.717) is 0 Å². The number of aromatic nitrogens is 1. The molecular formula is C9H11NOS. The Morgan fingerprint density at radius 2 is 2.08 bits per heavy atom. The van der Waals surface area contributed by atoms with Gasteiger partial charge in [-0.1, -0.05) is 13.8 Å². The smallest absolute Gasteiger partial charge is 0.117 e. The minimum Gasteiger partial charge on any atom is -0.508 e. The average Bonchev–Trinajstić information content (AvgIpc) is 2.54. The van der Waals surface area contributed by atoms with E-state index in [0.717, 1.165) is 10.2 Å². The quantitative estimate of drug-likeness (QED) is 0.677. The van der Waals surface area contributed by atoms with Crippen molar-refractivity contribution in [3.05, 3.63) is 23.7 Å². The summed E-state index contributed by atoms with van der Waals surface area (Å²) < 4.78 is 1.11. The van der Waals surface area contributed by atoms with Gasteiger partial charge >= 0.3 is 0 Å². The molecule has 2 rings (SSSR count). The summed E-state index contributed by atoms with van der Waals surface area (Å²) >= 11 is 1.57. The van der Waals surface area contributed by atoms with E-state index in [1.807, 2.05) is 19.9 Å². The number of phenolic OH excluding ortho intramolecular Hbond substituents is 1. The third-order valence-electron chi connectivity index (χ3n) is 1.31. The highest BCUT2D eigenvalue weighted by Crippen LogP contribution is 2.21. The zero-order chi connectivity index (χ0) is 8.97. The highest BCUT2D eigenvalue weighted by atomic mass is 32.1. The van der Waals surface area contributed by atoms with E-state index in [4.69, 9.17) is 5.11 Å². The molecule has 64 valence electrons. The summed E-state index contributed by atoms with van der Waals surface area (Å²) in [7, 11) is 0. The van der Waals surface area contributed by atoms with Crippen molar-refractivity contribution < 1.29 is 5.11 Å². The lowest BCUT2D eigenvalue weighted by Gasteiger charge is -1.87. The van der Waals surface area contributed by atoms with Gasteiger partial charge in [-0.25, -0.2) is 4.98 Å². The van der Waals surface area contributed by atoms with E-state index in [2.05, 4.69) is 4.98 Å². The molecule has 0 fully saturated rings. The van der Waals surface area contributed by atoms with Crippen LogP contribution in [0.5, 0.6) is 5.75 Å². The van der Waals surface area contributed by atoms with Gasteiger partial charge in [0.2, 0.25) is 0 Å². The zero-order valence-corrected chi connectivity index (χ0v) is 7.93. The number of fused-ring (bicyclic) bond motifs is 1. The summed E-state index contributed by atoms with van der Waals surface area (Å²) in [5, 5.41) is 9.01. The maximum Gasteiger partial charge on any atom is 0.117 e. The predicted molar refractivity (Wildman–Crippen MR) is 52.6 cm³/mol. The summed E-state index contributed by atoms with van der Waals surface area (Å²) in [5.41, 5.74) is 2.63. The Morgan fingerprint density at radius 3 is 2.83 bits per heavy atom. The predicted octanol–water partition coefficient (Wildman–Crippen LogP) is 3.03. The Balaban J connectivity index is 0.000000336. The highest BCUT2D eigenvalue weighted by molar-refractivity contribution is 7.16. The van der Waals surface area contributed by atoms with Crippen LogP contribution in [-0.2, 0) is 0 Å². The second-order valence-electron chi connectivity index (χ2n) is 2.00. The zero-order valence-electron chi connectivity index (χ0n) is 7.11. The summed E-state index contributed by atoms with van der Waals surface area (Å²) in [4.78, 5) is 4.04. The Hall–Kier alpha value is -1.09. The van der Waals surface area contributed by atoms with E-state index >= 15 is 0 Å². The van der Waals surface area contributed by atoms with Crippen molar-refractivity contribution in [3.8, 4) is 5.75 Å². The molecular weight excluding hydrogens is 170 g/mol. The second kappa shape index (κ2) is 4.07. The number of phenols is 1. The van der Waals surface area contributed by atoms with Crippen molar-refractivity contribution in [1.82, 2.24) is 4.98 Å². The van der Waals surface area contributed by atoms with E-state index in [1.165, 1.54) is 0 Å². The molecule has 0 atom stereocenters. The minimum absolute atomic E-state index is 0.276. The molecule has 0 saturated carbocycles. The molecule has 0 aliphatic carbocycles. The maximum atomic E-state index is 9.01. The van der Waals surface area contributed by atoms with Crippen molar-refractivity contribution in [2.75, 3.05) is 0 Å². The summed E-state index contributed by atoms with van der Waals surface area (Å²) in [6, 6.07) is 5.19. The Labute approximate surface area is 75.5 Å². The van der Waals surface area contributed by atoms with Gasteiger partial charge in [0.05, 0.1) is 15.7 Å². The third-order valence-corrected chi connectivity index (χ3v) is 2.12. The first-order valence-electron chi connectivity index (χ1n) is 3.88. The van der Waals surface area contributed by atoms with Gasteiger partial charge in [0.1, 0.15) is 5.75 Å². The molecule has 0 aliphatic rings. The molecule has 1 N–H and O–H groups in total. The van der Waals surface area contributed by atoms with Crippen LogP contribution < -0.4 is 0 Å². The summed E-state index contributed by atoms with van der Waals surface area (Å²) in [5.74, 6) is 0.276. The van der Waals surface area contributed by atoms with Crippen LogP contribution in [0.1, 0.15) is 13.8 Å². The minimum atomic E-state index is 0.276. The number of rotatable bonds is 0. The maximum absolute atomic E-state index is 9.01. The Bertz CT molecular complexity index is 356. The van der Waals surface area contributed by atoms with E-state index in [9.17, 15) is 0 Å². The molecule has 0 bridgehead atoms. The molecule has 0 aliphatic heterocycles. The van der Waals surface area contributed by atoms with Crippen LogP contribution in [0.15, 0.2) is 23.7 Å². The average molecular weight is 181 g/mol. The number of thiazole rings is 1. The van der Waals surface area contributed by atoms with E-state index in [1.54, 1.807) is 29.0 Å². The molecule has 2 aromatic rings. The lowest BCUT2D eigenvalue weighted by molar-refractivity contribution is 0.476. The first kappa shape index (κ1) is 9.00. The Kier molecular flexibility index (Phi) is 3.05. The number of hydrogen-bond acceptors (Lipinski definition) is 3. The molecule has 12 heavy (non-hydrogen) atoms. The van der Waals surface area contributed by atoms with Crippen LogP contribution in [0.25, 0.3) is 10.2 Å². The fraction of sp³-hybridized carbons (Fsp3) is 0.222. The number of aromatic hydroxyl groups is 1. The molecule has 0 radical (unpaired) electrons. The molecule has 1 heterocycles. The largest absolute Gasteiger partial charge is 0.508 e. The van der Waals surface area contributed by atoms with Crippen LogP contribution in [-0.4, -0.2) is 10.1 Å². The van der Waals surface area contributed by atoms with Crippen molar-refractivity contribution in [2.45, 2.75) is 13.8 Å². The standard InChI is InChI=1S/C7H5NOS.C2H6/c9-5-1-2-7-6(3-5)8-4-10-7;1-2/h1-4,9H;1-2H3. The lowest BCUT2D eigenvalue weighted by Crippen LogP contribution is -1.65. The SMILES string of the molecule is CC.Oc1ccc2scnc2c1. The molecule has 3 heteroatoms. The normalized spacial score (nSPS) is 9.17. The van der Waals surface area contributed by atoms with Crippen molar-refractivity contribution in [1.29, 1.82) is 0 Å². The molecule has 0 spiro atoms. The second-order valence-corrected chi connectivity index (χ2v) is 2.89. The summed E-state index contributed by atoms with van der Waals surface area (Å²) in [6.45, 7) is 4.00. The Morgan fingerprint density at radius 1 is 1.33 bits per heavy atom. The number of nitrogens with zero attached hydrogens (tertiary/aromatic N) is 1. The first-order valence-corrected chi connectivity index (χ1v) is 4.76. The monoisotopic (exact) mass is 181 g/mol. The van der Waals surface area contributed by atoms with Crippen LogP contribution >= 0.6 is 11.3 Å². The van der Waals surface area contributed by atoms with Gasteiger partial charge in [-0.05, 0) is 12.1 Å². The topological polar surface area (TPSA) is 33.1 Å². The molecule has 0 saturated heterocycles. The van der Waals surface area contributed by atoms with Crippen LogP contribution in [0.2, 0.25) is 0 Å². The molecule has 1 aromatic carbocycles. The highest BCUT2D eigenvalue weighted by Gasteiger charge is 1.95. The van der Waals surface area contributed by atoms with Crippen molar-refractivity contribution in [3.63, 3.8) is 0 Å². The van der Waals surface area contributed by atoms with E-state index in [-0.39, 0.29) is 5.75 Å². The van der Waals surface area contributed by atoms with Crippen LogP contribution in [0.3, 0.4) is 0 Å². The van der Waals surface area contributed by atoms with Crippen LogP contribution in [0.4, 0.5) is 0 Å². The van der Waals surface area contributed by atoms with Crippen molar-refractivity contribution in [2.24, 2.45) is 0 Å². The van der Waals surface area contributed by atoms with Gasteiger partial charge in [0.15, 0.2) is 0 Å². The lowest BCUT2D eigenvalue weighted by atomic mass is 10.3. The van der Waals surface area contributed by atoms with Gasteiger partial charge in [0.25, 0.3) is 0 Å². The van der Waals surface area contributed by atoms with Gasteiger partial charge < -0.3 is 5.11 Å². The van der Waals surface area contributed by atoms with E-state index < -0.39 is 0 Å². The van der Waals surface area contributed by atoms with Gasteiger partial charge in [-0.15, -0.1) is 11.3 Å². The van der Waals surface area contributed by atoms with Crippen molar-refractivity contribution >= 4 is 21.6 Å². The van der Waals surface area contributed by atoms with Crippen LogP contribution in [0, 0.1) is 0 Å². The number of hydrogen-bond donors (Lipinski definition) is 1. The van der Waals surface area contributed by atoms with Gasteiger partial charge in [-0.3, -0.25) is 0 Å². The molecule has 1 aromatic heterocycles. The number of benzene rings is 1. The molecule has 2 nitrogen and oxygen atoms in total. The first-order chi connectivity index (χ1) is 5.86.